The fraction of sp³-hybridized carbons (Fsp3) is 0.385. The standard InChI is InChI=1S/C13H18N2O3/c1-5-18-11-8(2)6-9(12(16)14-3)7-10(11)13(17)15-4/h6-7H,5H2,1-4H3,(H,14,16)(H,15,17). The second-order valence-electron chi connectivity index (χ2n) is 3.76. The maximum absolute atomic E-state index is 11.8. The normalized spacial score (nSPS) is 9.78. The zero-order valence-electron chi connectivity index (χ0n) is 11.1. The van der Waals surface area contributed by atoms with Gasteiger partial charge in [-0.2, -0.15) is 0 Å². The van der Waals surface area contributed by atoms with Crippen LogP contribution >= 0.6 is 0 Å². The van der Waals surface area contributed by atoms with Gasteiger partial charge in [-0.25, -0.2) is 0 Å². The van der Waals surface area contributed by atoms with Crippen molar-refractivity contribution < 1.29 is 14.3 Å². The predicted octanol–water partition coefficient (Wildman–Crippen LogP) is 1.11. The second-order valence-corrected chi connectivity index (χ2v) is 3.76. The van der Waals surface area contributed by atoms with Gasteiger partial charge in [0.2, 0.25) is 0 Å². The summed E-state index contributed by atoms with van der Waals surface area (Å²) < 4.78 is 5.47. The zero-order chi connectivity index (χ0) is 13.7. The van der Waals surface area contributed by atoms with E-state index in [4.69, 9.17) is 4.74 Å². The summed E-state index contributed by atoms with van der Waals surface area (Å²) in [6.07, 6.45) is 0. The molecule has 98 valence electrons. The number of rotatable bonds is 4. The number of hydrogen-bond donors (Lipinski definition) is 2. The molecule has 0 fully saturated rings. The van der Waals surface area contributed by atoms with E-state index in [1.54, 1.807) is 20.2 Å². The number of carbonyl (C=O) groups excluding carboxylic acids is 2. The molecule has 0 aliphatic heterocycles. The van der Waals surface area contributed by atoms with Gasteiger partial charge >= 0.3 is 0 Å². The topological polar surface area (TPSA) is 67.4 Å². The second kappa shape index (κ2) is 6.05. The van der Waals surface area contributed by atoms with Crippen molar-refractivity contribution in [3.8, 4) is 5.75 Å². The van der Waals surface area contributed by atoms with Gasteiger partial charge in [0, 0.05) is 19.7 Å². The highest BCUT2D eigenvalue weighted by Crippen LogP contribution is 2.25. The molecule has 0 heterocycles. The van der Waals surface area contributed by atoms with Crippen molar-refractivity contribution in [1.29, 1.82) is 0 Å². The summed E-state index contributed by atoms with van der Waals surface area (Å²) in [4.78, 5) is 23.4. The summed E-state index contributed by atoms with van der Waals surface area (Å²) >= 11 is 0. The van der Waals surface area contributed by atoms with Gasteiger partial charge < -0.3 is 15.4 Å². The third kappa shape index (κ3) is 2.80. The van der Waals surface area contributed by atoms with Crippen LogP contribution < -0.4 is 15.4 Å². The molecule has 1 rings (SSSR count). The molecule has 0 saturated heterocycles. The fourth-order valence-electron chi connectivity index (χ4n) is 1.69. The molecule has 5 nitrogen and oxygen atoms in total. The van der Waals surface area contributed by atoms with Crippen LogP contribution in [0.2, 0.25) is 0 Å². The quantitative estimate of drug-likeness (QED) is 0.841. The Balaban J connectivity index is 3.36. The van der Waals surface area contributed by atoms with Crippen LogP contribution in [-0.4, -0.2) is 32.5 Å². The summed E-state index contributed by atoms with van der Waals surface area (Å²) in [6.45, 7) is 4.12. The average molecular weight is 250 g/mol. The first-order chi connectivity index (χ1) is 8.54. The smallest absolute Gasteiger partial charge is 0.254 e. The Bertz CT molecular complexity index is 470. The monoisotopic (exact) mass is 250 g/mol. The number of benzene rings is 1. The minimum atomic E-state index is -0.271. The van der Waals surface area contributed by atoms with Crippen molar-refractivity contribution in [1.82, 2.24) is 10.6 Å². The van der Waals surface area contributed by atoms with Crippen molar-refractivity contribution in [2.75, 3.05) is 20.7 Å². The molecule has 0 aromatic heterocycles. The van der Waals surface area contributed by atoms with E-state index in [0.717, 1.165) is 5.56 Å². The lowest BCUT2D eigenvalue weighted by Gasteiger charge is -2.14. The third-order valence-corrected chi connectivity index (χ3v) is 2.52. The summed E-state index contributed by atoms with van der Waals surface area (Å²) in [5.41, 5.74) is 1.58. The Morgan fingerprint density at radius 3 is 2.28 bits per heavy atom. The van der Waals surface area contributed by atoms with Gasteiger partial charge in [-0.1, -0.05) is 0 Å². The molecule has 1 aromatic rings. The van der Waals surface area contributed by atoms with Crippen molar-refractivity contribution in [3.05, 3.63) is 28.8 Å². The van der Waals surface area contributed by atoms with E-state index in [1.165, 1.54) is 6.07 Å². The number of carbonyl (C=O) groups is 2. The van der Waals surface area contributed by atoms with Gasteiger partial charge in [0.1, 0.15) is 5.75 Å². The van der Waals surface area contributed by atoms with Crippen molar-refractivity contribution >= 4 is 11.8 Å². The van der Waals surface area contributed by atoms with E-state index in [0.29, 0.717) is 23.5 Å². The molecule has 0 radical (unpaired) electrons. The largest absolute Gasteiger partial charge is 0.493 e. The van der Waals surface area contributed by atoms with E-state index >= 15 is 0 Å². The summed E-state index contributed by atoms with van der Waals surface area (Å²) in [6, 6.07) is 3.24. The highest BCUT2D eigenvalue weighted by molar-refractivity contribution is 6.01. The van der Waals surface area contributed by atoms with Crippen LogP contribution in [0, 0.1) is 6.92 Å². The maximum Gasteiger partial charge on any atom is 0.254 e. The first-order valence-electron chi connectivity index (χ1n) is 5.76. The first-order valence-corrected chi connectivity index (χ1v) is 5.76. The Labute approximate surface area is 107 Å². The van der Waals surface area contributed by atoms with Crippen molar-refractivity contribution in [3.63, 3.8) is 0 Å². The highest BCUT2D eigenvalue weighted by Gasteiger charge is 2.17. The maximum atomic E-state index is 11.8. The number of ether oxygens (including phenoxy) is 1. The average Bonchev–Trinajstić information content (AvgIpc) is 2.39. The fourth-order valence-corrected chi connectivity index (χ4v) is 1.69. The van der Waals surface area contributed by atoms with E-state index in [1.807, 2.05) is 13.8 Å². The molecule has 1 aromatic carbocycles. The molecule has 0 aliphatic rings. The molecule has 0 bridgehead atoms. The van der Waals surface area contributed by atoms with Gasteiger partial charge in [0.15, 0.2) is 0 Å². The molecule has 2 amide bonds. The molecular formula is C13H18N2O3. The highest BCUT2D eigenvalue weighted by atomic mass is 16.5. The van der Waals surface area contributed by atoms with Crippen LogP contribution in [0.25, 0.3) is 0 Å². The Morgan fingerprint density at radius 1 is 1.17 bits per heavy atom. The lowest BCUT2D eigenvalue weighted by Crippen LogP contribution is -2.22. The van der Waals surface area contributed by atoms with Crippen LogP contribution in [0.3, 0.4) is 0 Å². The summed E-state index contributed by atoms with van der Waals surface area (Å²) in [7, 11) is 3.09. The Hall–Kier alpha value is -2.04. The van der Waals surface area contributed by atoms with E-state index in [9.17, 15) is 9.59 Å². The zero-order valence-corrected chi connectivity index (χ0v) is 11.1. The minimum Gasteiger partial charge on any atom is -0.493 e. The molecule has 0 unspecified atom stereocenters. The van der Waals surface area contributed by atoms with E-state index < -0.39 is 0 Å². The van der Waals surface area contributed by atoms with Crippen molar-refractivity contribution in [2.24, 2.45) is 0 Å². The molecule has 0 saturated carbocycles. The Kier molecular flexibility index (Phi) is 4.71. The van der Waals surface area contributed by atoms with Crippen LogP contribution in [-0.2, 0) is 0 Å². The number of nitrogens with one attached hydrogen (secondary N) is 2. The SMILES string of the molecule is CCOc1c(C)cc(C(=O)NC)cc1C(=O)NC. The minimum absolute atomic E-state index is 0.230. The molecule has 2 N–H and O–H groups in total. The molecule has 0 aliphatic carbocycles. The predicted molar refractivity (Wildman–Crippen MR) is 69.1 cm³/mol. The van der Waals surface area contributed by atoms with E-state index in [2.05, 4.69) is 10.6 Å². The van der Waals surface area contributed by atoms with Gasteiger partial charge in [0.05, 0.1) is 12.2 Å². The first kappa shape index (κ1) is 14.0. The molecule has 18 heavy (non-hydrogen) atoms. The molecular weight excluding hydrogens is 232 g/mol. The molecule has 5 heteroatoms. The number of aryl methyl sites for hydroxylation is 1. The molecule has 0 atom stereocenters. The van der Waals surface area contributed by atoms with Crippen molar-refractivity contribution in [2.45, 2.75) is 13.8 Å². The third-order valence-electron chi connectivity index (χ3n) is 2.52. The number of amides is 2. The Morgan fingerprint density at radius 2 is 1.78 bits per heavy atom. The van der Waals surface area contributed by atoms with Crippen LogP contribution in [0.5, 0.6) is 5.75 Å². The van der Waals surface area contributed by atoms with Gasteiger partial charge in [-0.15, -0.1) is 0 Å². The molecule has 0 spiro atoms. The van der Waals surface area contributed by atoms with Gasteiger partial charge in [-0.3, -0.25) is 9.59 Å². The lowest BCUT2D eigenvalue weighted by atomic mass is 10.0. The van der Waals surface area contributed by atoms with E-state index in [-0.39, 0.29) is 11.8 Å². The van der Waals surface area contributed by atoms with Crippen LogP contribution in [0.4, 0.5) is 0 Å². The summed E-state index contributed by atoms with van der Waals surface area (Å²) in [5.74, 6) is 0.0168. The van der Waals surface area contributed by atoms with Crippen LogP contribution in [0.1, 0.15) is 33.2 Å². The van der Waals surface area contributed by atoms with Gasteiger partial charge in [-0.05, 0) is 31.5 Å². The van der Waals surface area contributed by atoms with Crippen LogP contribution in [0.15, 0.2) is 12.1 Å². The summed E-state index contributed by atoms with van der Waals surface area (Å²) in [5, 5.41) is 5.07. The van der Waals surface area contributed by atoms with Gasteiger partial charge in [0.25, 0.3) is 11.8 Å². The lowest BCUT2D eigenvalue weighted by molar-refractivity contribution is 0.0959. The number of hydrogen-bond acceptors (Lipinski definition) is 3.